The van der Waals surface area contributed by atoms with Crippen LogP contribution in [-0.2, 0) is 0 Å². The van der Waals surface area contributed by atoms with Crippen LogP contribution in [0, 0.1) is 5.92 Å². The number of rotatable bonds is 5. The average molecular weight is 466 g/mol. The molecule has 0 spiro atoms. The minimum Gasteiger partial charge on any atom is -0.459 e. The van der Waals surface area contributed by atoms with E-state index in [1.807, 2.05) is 11.8 Å². The molecular formula is C16H27IN4O2S. The van der Waals surface area contributed by atoms with Gasteiger partial charge in [0.25, 0.3) is 5.91 Å². The summed E-state index contributed by atoms with van der Waals surface area (Å²) in [5, 5.41) is 6.78. The van der Waals surface area contributed by atoms with E-state index >= 15 is 0 Å². The number of hydrogen-bond acceptors (Lipinski definition) is 4. The first-order valence-electron chi connectivity index (χ1n) is 8.00. The lowest BCUT2D eigenvalue weighted by molar-refractivity contribution is 0.0926. The quantitative estimate of drug-likeness (QED) is 0.302. The molecule has 0 aliphatic carbocycles. The molecule has 1 aliphatic rings. The number of carbonyl (C=O) groups is 1. The Morgan fingerprint density at radius 3 is 2.83 bits per heavy atom. The van der Waals surface area contributed by atoms with E-state index < -0.39 is 0 Å². The molecule has 0 bridgehead atoms. The maximum Gasteiger partial charge on any atom is 0.287 e. The maximum absolute atomic E-state index is 11.8. The van der Waals surface area contributed by atoms with Gasteiger partial charge in [-0.1, -0.05) is 13.8 Å². The highest BCUT2D eigenvalue weighted by Gasteiger charge is 2.24. The van der Waals surface area contributed by atoms with Gasteiger partial charge in [-0.15, -0.1) is 24.0 Å². The molecule has 1 aromatic rings. The minimum absolute atomic E-state index is 0. The molecule has 8 heteroatoms. The molecule has 1 unspecified atom stereocenters. The average Bonchev–Trinajstić information content (AvgIpc) is 3.09. The van der Waals surface area contributed by atoms with E-state index in [1.54, 1.807) is 19.2 Å². The van der Waals surface area contributed by atoms with Crippen molar-refractivity contribution in [1.82, 2.24) is 15.5 Å². The zero-order chi connectivity index (χ0) is 16.7. The highest BCUT2D eigenvalue weighted by Crippen LogP contribution is 2.24. The number of amides is 1. The number of carbonyl (C=O) groups excluding carboxylic acids is 1. The van der Waals surface area contributed by atoms with Crippen LogP contribution in [0.5, 0.6) is 0 Å². The van der Waals surface area contributed by atoms with Gasteiger partial charge in [0.2, 0.25) is 0 Å². The summed E-state index contributed by atoms with van der Waals surface area (Å²) in [4.78, 5) is 18.4. The van der Waals surface area contributed by atoms with Gasteiger partial charge in [-0.3, -0.25) is 9.79 Å². The van der Waals surface area contributed by atoms with Crippen molar-refractivity contribution in [2.45, 2.75) is 19.1 Å². The Morgan fingerprint density at radius 2 is 2.21 bits per heavy atom. The Morgan fingerprint density at radius 1 is 1.46 bits per heavy atom. The van der Waals surface area contributed by atoms with Crippen molar-refractivity contribution in [1.29, 1.82) is 0 Å². The van der Waals surface area contributed by atoms with Crippen LogP contribution in [0.25, 0.3) is 0 Å². The summed E-state index contributed by atoms with van der Waals surface area (Å²) >= 11 is 2.04. The molecule has 1 fully saturated rings. The summed E-state index contributed by atoms with van der Waals surface area (Å²) in [6.07, 6.45) is 1.49. The number of nitrogens with zero attached hydrogens (tertiary/aromatic N) is 2. The van der Waals surface area contributed by atoms with E-state index in [4.69, 9.17) is 4.42 Å². The van der Waals surface area contributed by atoms with Gasteiger partial charge in [-0.05, 0) is 18.1 Å². The lowest BCUT2D eigenvalue weighted by atomic mass is 10.1. The number of guanidine groups is 1. The summed E-state index contributed by atoms with van der Waals surface area (Å²) in [6.45, 7) is 7.71. The van der Waals surface area contributed by atoms with E-state index in [0.717, 1.165) is 24.8 Å². The third kappa shape index (κ3) is 6.19. The number of nitrogens with one attached hydrogen (secondary N) is 2. The normalized spacial score (nSPS) is 18.2. The molecule has 2 rings (SSSR count). The molecule has 6 nitrogen and oxygen atoms in total. The summed E-state index contributed by atoms with van der Waals surface area (Å²) in [7, 11) is 1.80. The highest BCUT2D eigenvalue weighted by atomic mass is 127. The van der Waals surface area contributed by atoms with Crippen molar-refractivity contribution in [2.24, 2.45) is 10.9 Å². The third-order valence-corrected chi connectivity index (χ3v) is 5.33. The molecule has 0 aromatic carbocycles. The first kappa shape index (κ1) is 21.1. The SMILES string of the molecule is CN=C(NCCNC(=O)c1ccco1)N1CCSC(C(C)C)C1.I. The molecule has 136 valence electrons. The van der Waals surface area contributed by atoms with Crippen LogP contribution in [0.1, 0.15) is 24.4 Å². The predicted molar refractivity (Wildman–Crippen MR) is 110 cm³/mol. The number of hydrogen-bond donors (Lipinski definition) is 2. The molecule has 1 amide bonds. The number of furan rings is 1. The fourth-order valence-electron chi connectivity index (χ4n) is 2.45. The Hall–Kier alpha value is -0.900. The van der Waals surface area contributed by atoms with Gasteiger partial charge >= 0.3 is 0 Å². The van der Waals surface area contributed by atoms with Crippen molar-refractivity contribution >= 4 is 47.6 Å². The van der Waals surface area contributed by atoms with Gasteiger partial charge in [0, 0.05) is 44.2 Å². The zero-order valence-corrected chi connectivity index (χ0v) is 17.6. The molecule has 2 heterocycles. The lowest BCUT2D eigenvalue weighted by Gasteiger charge is -2.36. The van der Waals surface area contributed by atoms with E-state index in [0.29, 0.717) is 30.0 Å². The molecule has 2 N–H and O–H groups in total. The first-order valence-corrected chi connectivity index (χ1v) is 9.05. The fourth-order valence-corrected chi connectivity index (χ4v) is 3.75. The Bertz CT molecular complexity index is 522. The molecule has 1 aliphatic heterocycles. The van der Waals surface area contributed by atoms with Crippen LogP contribution in [0.15, 0.2) is 27.8 Å². The van der Waals surface area contributed by atoms with Crippen molar-refractivity contribution in [3.05, 3.63) is 24.2 Å². The molecule has 0 radical (unpaired) electrons. The van der Waals surface area contributed by atoms with Crippen molar-refractivity contribution in [3.63, 3.8) is 0 Å². The van der Waals surface area contributed by atoms with Crippen molar-refractivity contribution in [3.8, 4) is 0 Å². The zero-order valence-electron chi connectivity index (χ0n) is 14.4. The molecule has 0 saturated carbocycles. The van der Waals surface area contributed by atoms with Gasteiger partial charge in [-0.25, -0.2) is 0 Å². The van der Waals surface area contributed by atoms with E-state index in [-0.39, 0.29) is 29.9 Å². The van der Waals surface area contributed by atoms with E-state index in [1.165, 1.54) is 6.26 Å². The topological polar surface area (TPSA) is 69.9 Å². The number of halogens is 1. The largest absolute Gasteiger partial charge is 0.459 e. The van der Waals surface area contributed by atoms with Gasteiger partial charge in [0.15, 0.2) is 11.7 Å². The van der Waals surface area contributed by atoms with Gasteiger partial charge in [-0.2, -0.15) is 11.8 Å². The first-order chi connectivity index (χ1) is 11.1. The van der Waals surface area contributed by atoms with Crippen LogP contribution in [-0.4, -0.2) is 61.0 Å². The monoisotopic (exact) mass is 466 g/mol. The highest BCUT2D eigenvalue weighted by molar-refractivity contribution is 14.0. The van der Waals surface area contributed by atoms with Crippen LogP contribution in [0.3, 0.4) is 0 Å². The van der Waals surface area contributed by atoms with Crippen LogP contribution in [0.4, 0.5) is 0 Å². The van der Waals surface area contributed by atoms with Crippen molar-refractivity contribution < 1.29 is 9.21 Å². The molecule has 1 aromatic heterocycles. The Labute approximate surface area is 165 Å². The second-order valence-electron chi connectivity index (χ2n) is 5.81. The smallest absolute Gasteiger partial charge is 0.287 e. The molecule has 24 heavy (non-hydrogen) atoms. The standard InChI is InChI=1S/C16H26N4O2S.HI/c1-12(2)14-11-20(8-10-23-14)16(17-3)19-7-6-18-15(21)13-5-4-9-22-13;/h4-5,9,12,14H,6-8,10-11H2,1-3H3,(H,17,19)(H,18,21);1H. The molecule has 1 saturated heterocycles. The van der Waals surface area contributed by atoms with Gasteiger partial charge < -0.3 is 20.0 Å². The van der Waals surface area contributed by atoms with Crippen LogP contribution < -0.4 is 10.6 Å². The van der Waals surface area contributed by atoms with Crippen LogP contribution >= 0.6 is 35.7 Å². The van der Waals surface area contributed by atoms with Crippen molar-refractivity contribution in [2.75, 3.05) is 39.0 Å². The summed E-state index contributed by atoms with van der Waals surface area (Å²) < 4.78 is 5.06. The Balaban J connectivity index is 0.00000288. The second-order valence-corrected chi connectivity index (χ2v) is 7.15. The minimum atomic E-state index is -0.193. The summed E-state index contributed by atoms with van der Waals surface area (Å²) in [5.74, 6) is 2.83. The molecular weight excluding hydrogens is 439 g/mol. The Kier molecular flexibility index (Phi) is 9.57. The second kappa shape index (κ2) is 10.9. The predicted octanol–water partition coefficient (Wildman–Crippen LogP) is 2.28. The third-order valence-electron chi connectivity index (χ3n) is 3.79. The number of aliphatic imine (C=N–C) groups is 1. The summed E-state index contributed by atoms with van der Waals surface area (Å²) in [5.41, 5.74) is 0. The lowest BCUT2D eigenvalue weighted by Crippen LogP contribution is -2.50. The fraction of sp³-hybridized carbons (Fsp3) is 0.625. The summed E-state index contributed by atoms with van der Waals surface area (Å²) in [6, 6.07) is 3.35. The number of thioether (sulfide) groups is 1. The molecule has 1 atom stereocenters. The van der Waals surface area contributed by atoms with Gasteiger partial charge in [0.05, 0.1) is 6.26 Å². The van der Waals surface area contributed by atoms with Gasteiger partial charge in [0.1, 0.15) is 0 Å². The van der Waals surface area contributed by atoms with E-state index in [9.17, 15) is 4.79 Å². The van der Waals surface area contributed by atoms with Crippen LogP contribution in [0.2, 0.25) is 0 Å². The van der Waals surface area contributed by atoms with E-state index in [2.05, 4.69) is 34.4 Å². The maximum atomic E-state index is 11.8.